The van der Waals surface area contributed by atoms with Gasteiger partial charge in [0.2, 0.25) is 0 Å². The van der Waals surface area contributed by atoms with Crippen LogP contribution in [0.2, 0.25) is 0 Å². The highest BCUT2D eigenvalue weighted by molar-refractivity contribution is 4.80. The smallest absolute Gasteiger partial charge is 0.160 e. The standard InChI is InChI=1S/C8H16O4/c1-5-8(9)6(10-2)4-7(11-3)12-5/h5-9H,4H2,1-3H3/t5?,6?,7-,8?/m1/s1. The lowest BCUT2D eigenvalue weighted by atomic mass is 10.0. The molecule has 0 bridgehead atoms. The van der Waals surface area contributed by atoms with E-state index in [-0.39, 0.29) is 18.5 Å². The van der Waals surface area contributed by atoms with Crippen LogP contribution >= 0.6 is 0 Å². The largest absolute Gasteiger partial charge is 0.388 e. The first kappa shape index (κ1) is 9.92. The molecule has 0 aromatic heterocycles. The fourth-order valence-electron chi connectivity index (χ4n) is 1.39. The lowest BCUT2D eigenvalue weighted by Gasteiger charge is -2.36. The Bertz CT molecular complexity index is 139. The van der Waals surface area contributed by atoms with Crippen LogP contribution in [0.1, 0.15) is 13.3 Å². The van der Waals surface area contributed by atoms with Crippen LogP contribution in [0.4, 0.5) is 0 Å². The van der Waals surface area contributed by atoms with Crippen molar-refractivity contribution < 1.29 is 19.3 Å². The maximum Gasteiger partial charge on any atom is 0.160 e. The number of hydrogen-bond acceptors (Lipinski definition) is 4. The summed E-state index contributed by atoms with van der Waals surface area (Å²) in [6, 6.07) is 0. The third-order valence-corrected chi connectivity index (χ3v) is 2.22. The zero-order valence-electron chi connectivity index (χ0n) is 7.69. The molecule has 1 heterocycles. The SMILES string of the molecule is COC1C[C@H](OC)OC(C)C1O. The number of aliphatic hydroxyl groups is 1. The molecule has 4 nitrogen and oxygen atoms in total. The summed E-state index contributed by atoms with van der Waals surface area (Å²) in [7, 11) is 3.17. The summed E-state index contributed by atoms with van der Waals surface area (Å²) in [6.07, 6.45) is -0.638. The van der Waals surface area contributed by atoms with Gasteiger partial charge in [-0.3, -0.25) is 0 Å². The maximum atomic E-state index is 9.55. The van der Waals surface area contributed by atoms with Crippen LogP contribution in [0.15, 0.2) is 0 Å². The van der Waals surface area contributed by atoms with Crippen LogP contribution in [-0.4, -0.2) is 43.9 Å². The second-order valence-electron chi connectivity index (χ2n) is 3.01. The summed E-state index contributed by atoms with van der Waals surface area (Å²) in [5.74, 6) is 0. The number of methoxy groups -OCH3 is 2. The van der Waals surface area contributed by atoms with E-state index in [1.165, 1.54) is 0 Å². The molecule has 0 radical (unpaired) electrons. The summed E-state index contributed by atoms with van der Waals surface area (Å²) in [5.41, 5.74) is 0. The zero-order chi connectivity index (χ0) is 9.14. The van der Waals surface area contributed by atoms with E-state index in [1.807, 2.05) is 6.92 Å². The Balaban J connectivity index is 2.52. The average Bonchev–Trinajstić information content (AvgIpc) is 2.09. The summed E-state index contributed by atoms with van der Waals surface area (Å²) >= 11 is 0. The van der Waals surface area contributed by atoms with Gasteiger partial charge in [0.1, 0.15) is 6.10 Å². The van der Waals surface area contributed by atoms with E-state index in [1.54, 1.807) is 14.2 Å². The Kier molecular flexibility index (Phi) is 3.46. The average molecular weight is 176 g/mol. The van der Waals surface area contributed by atoms with E-state index >= 15 is 0 Å². The van der Waals surface area contributed by atoms with Crippen molar-refractivity contribution in [1.29, 1.82) is 0 Å². The second-order valence-corrected chi connectivity index (χ2v) is 3.01. The number of rotatable bonds is 2. The van der Waals surface area contributed by atoms with Crippen LogP contribution in [0.25, 0.3) is 0 Å². The summed E-state index contributed by atoms with van der Waals surface area (Å²) in [4.78, 5) is 0. The van der Waals surface area contributed by atoms with Gasteiger partial charge >= 0.3 is 0 Å². The van der Waals surface area contributed by atoms with Crippen molar-refractivity contribution in [2.24, 2.45) is 0 Å². The number of aliphatic hydroxyl groups excluding tert-OH is 1. The quantitative estimate of drug-likeness (QED) is 0.650. The lowest BCUT2D eigenvalue weighted by molar-refractivity contribution is -0.241. The van der Waals surface area contributed by atoms with E-state index < -0.39 is 6.10 Å². The van der Waals surface area contributed by atoms with E-state index in [4.69, 9.17) is 14.2 Å². The van der Waals surface area contributed by atoms with Gasteiger partial charge in [0.15, 0.2) is 6.29 Å². The minimum absolute atomic E-state index is 0.182. The fraction of sp³-hybridized carbons (Fsp3) is 1.00. The second kappa shape index (κ2) is 4.18. The van der Waals surface area contributed by atoms with Crippen molar-refractivity contribution >= 4 is 0 Å². The van der Waals surface area contributed by atoms with Gasteiger partial charge in [-0.05, 0) is 6.92 Å². The van der Waals surface area contributed by atoms with E-state index in [0.717, 1.165) is 0 Å². The summed E-state index contributed by atoms with van der Waals surface area (Å²) in [6.45, 7) is 1.81. The molecule has 1 aliphatic rings. The minimum atomic E-state index is -0.554. The molecule has 0 spiro atoms. The molecule has 1 aliphatic heterocycles. The molecule has 0 amide bonds. The molecular formula is C8H16O4. The number of ether oxygens (including phenoxy) is 3. The van der Waals surface area contributed by atoms with Crippen molar-refractivity contribution in [3.05, 3.63) is 0 Å². The highest BCUT2D eigenvalue weighted by Crippen LogP contribution is 2.22. The van der Waals surface area contributed by atoms with Crippen LogP contribution in [-0.2, 0) is 14.2 Å². The lowest BCUT2D eigenvalue weighted by Crippen LogP contribution is -2.48. The summed E-state index contributed by atoms with van der Waals surface area (Å²) < 4.78 is 15.5. The van der Waals surface area contributed by atoms with Crippen molar-refractivity contribution in [3.63, 3.8) is 0 Å². The van der Waals surface area contributed by atoms with Crippen molar-refractivity contribution in [2.45, 2.75) is 37.9 Å². The van der Waals surface area contributed by atoms with Gasteiger partial charge in [0, 0.05) is 20.6 Å². The molecule has 0 aliphatic carbocycles. The first-order chi connectivity index (χ1) is 5.69. The molecular weight excluding hydrogens is 160 g/mol. The molecule has 4 atom stereocenters. The van der Waals surface area contributed by atoms with Gasteiger partial charge in [-0.15, -0.1) is 0 Å². The molecule has 72 valence electrons. The van der Waals surface area contributed by atoms with Crippen LogP contribution in [0, 0.1) is 0 Å². The van der Waals surface area contributed by atoms with Gasteiger partial charge in [-0.1, -0.05) is 0 Å². The first-order valence-corrected chi connectivity index (χ1v) is 4.08. The van der Waals surface area contributed by atoms with Crippen LogP contribution in [0.5, 0.6) is 0 Å². The number of hydrogen-bond donors (Lipinski definition) is 1. The molecule has 4 heteroatoms. The molecule has 1 fully saturated rings. The Morgan fingerprint density at radius 2 is 2.00 bits per heavy atom. The maximum absolute atomic E-state index is 9.55. The molecule has 0 saturated carbocycles. The molecule has 0 aromatic rings. The van der Waals surface area contributed by atoms with Crippen molar-refractivity contribution in [1.82, 2.24) is 0 Å². The summed E-state index contributed by atoms with van der Waals surface area (Å²) in [5, 5.41) is 9.55. The topological polar surface area (TPSA) is 47.9 Å². The van der Waals surface area contributed by atoms with Crippen molar-refractivity contribution in [3.8, 4) is 0 Å². The van der Waals surface area contributed by atoms with Crippen molar-refractivity contribution in [2.75, 3.05) is 14.2 Å². The predicted molar refractivity (Wildman–Crippen MR) is 42.8 cm³/mol. The van der Waals surface area contributed by atoms with Gasteiger partial charge in [-0.2, -0.15) is 0 Å². The third kappa shape index (κ3) is 1.95. The van der Waals surface area contributed by atoms with Crippen LogP contribution in [0.3, 0.4) is 0 Å². The monoisotopic (exact) mass is 176 g/mol. The van der Waals surface area contributed by atoms with E-state index in [0.29, 0.717) is 6.42 Å². The predicted octanol–water partition coefficient (Wildman–Crippen LogP) is 0.144. The molecule has 1 saturated heterocycles. The Hall–Kier alpha value is -0.160. The zero-order valence-corrected chi connectivity index (χ0v) is 7.69. The Labute approximate surface area is 72.4 Å². The first-order valence-electron chi connectivity index (χ1n) is 4.08. The molecule has 12 heavy (non-hydrogen) atoms. The molecule has 3 unspecified atom stereocenters. The highest BCUT2D eigenvalue weighted by Gasteiger charge is 2.35. The minimum Gasteiger partial charge on any atom is -0.388 e. The Morgan fingerprint density at radius 3 is 2.50 bits per heavy atom. The van der Waals surface area contributed by atoms with E-state index in [9.17, 15) is 5.11 Å². The van der Waals surface area contributed by atoms with Gasteiger partial charge < -0.3 is 19.3 Å². The van der Waals surface area contributed by atoms with Gasteiger partial charge in [-0.25, -0.2) is 0 Å². The van der Waals surface area contributed by atoms with Gasteiger partial charge in [0.25, 0.3) is 0 Å². The molecule has 1 N–H and O–H groups in total. The Morgan fingerprint density at radius 1 is 1.33 bits per heavy atom. The normalized spacial score (nSPS) is 43.0. The highest BCUT2D eigenvalue weighted by atomic mass is 16.7. The van der Waals surface area contributed by atoms with Crippen LogP contribution < -0.4 is 0 Å². The molecule has 0 aromatic carbocycles. The fourth-order valence-corrected chi connectivity index (χ4v) is 1.39. The van der Waals surface area contributed by atoms with Gasteiger partial charge in [0.05, 0.1) is 12.2 Å². The third-order valence-electron chi connectivity index (χ3n) is 2.22. The molecule has 1 rings (SSSR count). The van der Waals surface area contributed by atoms with E-state index in [2.05, 4.69) is 0 Å².